The molecule has 2 aromatic carbocycles. The third-order valence-electron chi connectivity index (χ3n) is 5.12. The monoisotopic (exact) mass is 432 g/mol. The van der Waals surface area contributed by atoms with Crippen LogP contribution in [0.5, 0.6) is 0 Å². The highest BCUT2D eigenvalue weighted by Gasteiger charge is 2.27. The third kappa shape index (κ3) is 4.22. The zero-order valence-corrected chi connectivity index (χ0v) is 17.4. The maximum Gasteiger partial charge on any atom is 0.276 e. The fraction of sp³-hybridized carbons (Fsp3) is 0.273. The molecule has 0 fully saturated rings. The number of aromatic nitrogens is 2. The molecule has 2 N–H and O–H groups in total. The standard InChI is InChI=1S/C22H22F2N4O.ClH/c1-2-25-13-14-6-3-4-8-19(14)26-22(29)21-16-7-5-9-20(16)28(27-21)15-10-11-17(23)18(24)12-15;/h3-4,6,8,10-12,25H,2,5,7,9,13H2,1H3,(H,26,29);1H. The van der Waals surface area contributed by atoms with Gasteiger partial charge in [0.15, 0.2) is 17.3 Å². The van der Waals surface area contributed by atoms with Crippen molar-refractivity contribution < 1.29 is 13.6 Å². The number of fused-ring (bicyclic) bond motifs is 1. The van der Waals surface area contributed by atoms with Gasteiger partial charge in [0.05, 0.1) is 5.69 Å². The molecule has 0 bridgehead atoms. The number of carbonyl (C=O) groups is 1. The van der Waals surface area contributed by atoms with Crippen LogP contribution in [0.15, 0.2) is 42.5 Å². The maximum atomic E-state index is 13.7. The van der Waals surface area contributed by atoms with Crippen LogP contribution in [0.4, 0.5) is 14.5 Å². The number of rotatable bonds is 6. The number of halogens is 3. The van der Waals surface area contributed by atoms with E-state index < -0.39 is 11.6 Å². The Bertz CT molecular complexity index is 1070. The Morgan fingerprint density at radius 1 is 1.13 bits per heavy atom. The lowest BCUT2D eigenvalue weighted by Crippen LogP contribution is -2.18. The topological polar surface area (TPSA) is 58.9 Å². The molecule has 1 heterocycles. The van der Waals surface area contributed by atoms with Crippen molar-refractivity contribution in [2.75, 3.05) is 11.9 Å². The van der Waals surface area contributed by atoms with Crippen molar-refractivity contribution in [1.29, 1.82) is 0 Å². The molecule has 5 nitrogen and oxygen atoms in total. The third-order valence-corrected chi connectivity index (χ3v) is 5.12. The van der Waals surface area contributed by atoms with Crippen molar-refractivity contribution in [2.24, 2.45) is 0 Å². The smallest absolute Gasteiger partial charge is 0.276 e. The van der Waals surface area contributed by atoms with Crippen LogP contribution >= 0.6 is 12.4 Å². The summed E-state index contributed by atoms with van der Waals surface area (Å²) in [7, 11) is 0. The van der Waals surface area contributed by atoms with Gasteiger partial charge in [-0.1, -0.05) is 25.1 Å². The van der Waals surface area contributed by atoms with Gasteiger partial charge >= 0.3 is 0 Å². The molecule has 0 saturated carbocycles. The Morgan fingerprint density at radius 3 is 2.70 bits per heavy atom. The highest BCUT2D eigenvalue weighted by molar-refractivity contribution is 6.04. The Morgan fingerprint density at radius 2 is 1.93 bits per heavy atom. The minimum absolute atomic E-state index is 0. The number of hydrogen-bond donors (Lipinski definition) is 2. The average molecular weight is 433 g/mol. The molecule has 1 aliphatic carbocycles. The van der Waals surface area contributed by atoms with E-state index >= 15 is 0 Å². The van der Waals surface area contributed by atoms with Crippen LogP contribution < -0.4 is 10.6 Å². The minimum atomic E-state index is -0.937. The van der Waals surface area contributed by atoms with E-state index in [0.717, 1.165) is 60.4 Å². The van der Waals surface area contributed by atoms with Gasteiger partial charge in [0.25, 0.3) is 5.91 Å². The van der Waals surface area contributed by atoms with E-state index in [0.29, 0.717) is 17.9 Å². The van der Waals surface area contributed by atoms with Crippen LogP contribution in [0.25, 0.3) is 5.69 Å². The van der Waals surface area contributed by atoms with E-state index in [-0.39, 0.29) is 18.3 Å². The molecule has 3 aromatic rings. The highest BCUT2D eigenvalue weighted by atomic mass is 35.5. The molecule has 1 amide bonds. The van der Waals surface area contributed by atoms with Gasteiger partial charge in [-0.3, -0.25) is 4.79 Å². The van der Waals surface area contributed by atoms with E-state index in [4.69, 9.17) is 0 Å². The van der Waals surface area contributed by atoms with E-state index in [2.05, 4.69) is 15.7 Å². The molecule has 1 aliphatic rings. The van der Waals surface area contributed by atoms with Gasteiger partial charge in [-0.05, 0) is 49.6 Å². The van der Waals surface area contributed by atoms with Crippen LogP contribution in [0.2, 0.25) is 0 Å². The quantitative estimate of drug-likeness (QED) is 0.606. The molecule has 158 valence electrons. The summed E-state index contributed by atoms with van der Waals surface area (Å²) in [5.74, 6) is -2.14. The number of amides is 1. The summed E-state index contributed by atoms with van der Waals surface area (Å²) in [6.07, 6.45) is 2.38. The molecule has 0 spiro atoms. The predicted molar refractivity (Wildman–Crippen MR) is 115 cm³/mol. The number of nitrogens with one attached hydrogen (secondary N) is 2. The van der Waals surface area contributed by atoms with E-state index in [9.17, 15) is 13.6 Å². The number of benzene rings is 2. The lowest BCUT2D eigenvalue weighted by molar-refractivity contribution is 0.102. The summed E-state index contributed by atoms with van der Waals surface area (Å²) in [5, 5.41) is 10.7. The van der Waals surface area contributed by atoms with E-state index in [1.54, 1.807) is 4.68 Å². The van der Waals surface area contributed by atoms with Crippen molar-refractivity contribution in [3.8, 4) is 5.69 Å². The lowest BCUT2D eigenvalue weighted by atomic mass is 10.1. The maximum absolute atomic E-state index is 13.7. The van der Waals surface area contributed by atoms with Crippen LogP contribution in [0.3, 0.4) is 0 Å². The number of anilines is 1. The first-order chi connectivity index (χ1) is 14.1. The van der Waals surface area contributed by atoms with E-state index in [1.165, 1.54) is 6.07 Å². The van der Waals surface area contributed by atoms with Gasteiger partial charge in [0.2, 0.25) is 0 Å². The van der Waals surface area contributed by atoms with Gasteiger partial charge in [-0.2, -0.15) is 5.10 Å². The lowest BCUT2D eigenvalue weighted by Gasteiger charge is -2.11. The Kier molecular flexibility index (Phi) is 6.84. The van der Waals surface area contributed by atoms with E-state index in [1.807, 2.05) is 31.2 Å². The molecular weight excluding hydrogens is 410 g/mol. The Balaban J connectivity index is 0.00000256. The molecule has 8 heteroatoms. The van der Waals surface area contributed by atoms with Crippen molar-refractivity contribution in [3.63, 3.8) is 0 Å². The number of para-hydroxylation sites is 1. The van der Waals surface area contributed by atoms with Crippen molar-refractivity contribution in [2.45, 2.75) is 32.7 Å². The second kappa shape index (κ2) is 9.36. The van der Waals surface area contributed by atoms with Gasteiger partial charge in [-0.15, -0.1) is 12.4 Å². The SMILES string of the molecule is CCNCc1ccccc1NC(=O)c1nn(-c2ccc(F)c(F)c2)c2c1CCC2.Cl. The zero-order chi connectivity index (χ0) is 20.4. The second-order valence-corrected chi connectivity index (χ2v) is 7.03. The molecule has 0 saturated heterocycles. The summed E-state index contributed by atoms with van der Waals surface area (Å²) >= 11 is 0. The molecule has 0 aliphatic heterocycles. The van der Waals surface area contributed by atoms with Crippen molar-refractivity contribution in [1.82, 2.24) is 15.1 Å². The second-order valence-electron chi connectivity index (χ2n) is 7.03. The molecule has 30 heavy (non-hydrogen) atoms. The number of nitrogens with zero attached hydrogens (tertiary/aromatic N) is 2. The van der Waals surface area contributed by atoms with Gasteiger partial charge < -0.3 is 10.6 Å². The number of carbonyl (C=O) groups excluding carboxylic acids is 1. The van der Waals surface area contributed by atoms with Gasteiger partial charge in [0, 0.05) is 29.6 Å². The van der Waals surface area contributed by atoms with Crippen LogP contribution in [-0.2, 0) is 19.4 Å². The summed E-state index contributed by atoms with van der Waals surface area (Å²) in [5.41, 5.74) is 4.21. The first kappa shape index (κ1) is 21.9. The molecule has 1 aromatic heterocycles. The number of hydrogen-bond acceptors (Lipinski definition) is 3. The fourth-order valence-corrected chi connectivity index (χ4v) is 3.69. The summed E-state index contributed by atoms with van der Waals surface area (Å²) in [6.45, 7) is 3.50. The molecule has 0 radical (unpaired) electrons. The first-order valence-corrected chi connectivity index (χ1v) is 9.74. The Hall–Kier alpha value is -2.77. The highest BCUT2D eigenvalue weighted by Crippen LogP contribution is 2.29. The fourth-order valence-electron chi connectivity index (χ4n) is 3.69. The summed E-state index contributed by atoms with van der Waals surface area (Å²) in [4.78, 5) is 13.0. The minimum Gasteiger partial charge on any atom is -0.320 e. The van der Waals surface area contributed by atoms with Crippen LogP contribution in [-0.4, -0.2) is 22.2 Å². The normalized spacial score (nSPS) is 12.4. The van der Waals surface area contributed by atoms with Crippen molar-refractivity contribution >= 4 is 24.0 Å². The molecular formula is C22H23ClF2N4O. The summed E-state index contributed by atoms with van der Waals surface area (Å²) < 4.78 is 28.6. The molecule has 4 rings (SSSR count). The summed E-state index contributed by atoms with van der Waals surface area (Å²) in [6, 6.07) is 11.3. The molecule has 0 atom stereocenters. The van der Waals surface area contributed by atoms with Crippen LogP contribution in [0, 0.1) is 11.6 Å². The zero-order valence-electron chi connectivity index (χ0n) is 16.5. The first-order valence-electron chi connectivity index (χ1n) is 9.74. The average Bonchev–Trinajstić information content (AvgIpc) is 3.32. The van der Waals surface area contributed by atoms with Crippen molar-refractivity contribution in [3.05, 3.63) is 76.6 Å². The van der Waals surface area contributed by atoms with Gasteiger partial charge in [-0.25, -0.2) is 13.5 Å². The predicted octanol–water partition coefficient (Wildman–Crippen LogP) is 4.42. The van der Waals surface area contributed by atoms with Crippen LogP contribution in [0.1, 0.15) is 40.7 Å². The Labute approximate surface area is 179 Å². The largest absolute Gasteiger partial charge is 0.320 e. The molecule has 0 unspecified atom stereocenters. The van der Waals surface area contributed by atoms with Gasteiger partial charge in [0.1, 0.15) is 0 Å².